The maximum Gasteiger partial charge on any atom is 0.255 e. The minimum atomic E-state index is -3.89. The SMILES string of the molecule is Cc1ccc(S(=O)(=O)N(CC(=O)NN=Cc2cccc(C)c2)Cc2cccc(C)c2)cc1. The summed E-state index contributed by atoms with van der Waals surface area (Å²) in [7, 11) is -3.89. The lowest BCUT2D eigenvalue weighted by Gasteiger charge is -2.22. The van der Waals surface area contributed by atoms with Crippen molar-refractivity contribution in [3.05, 3.63) is 101 Å². The van der Waals surface area contributed by atoms with Gasteiger partial charge in [-0.3, -0.25) is 4.79 Å². The van der Waals surface area contributed by atoms with E-state index in [0.29, 0.717) is 0 Å². The number of rotatable bonds is 8. The van der Waals surface area contributed by atoms with Crippen LogP contribution in [0.1, 0.15) is 27.8 Å². The largest absolute Gasteiger partial charge is 0.272 e. The maximum atomic E-state index is 13.3. The van der Waals surface area contributed by atoms with Gasteiger partial charge in [-0.1, -0.05) is 77.4 Å². The number of sulfonamides is 1. The number of carbonyl (C=O) groups is 1. The van der Waals surface area contributed by atoms with Gasteiger partial charge in [0, 0.05) is 6.54 Å². The third-order valence-electron chi connectivity index (χ3n) is 4.87. The molecule has 0 aromatic heterocycles. The van der Waals surface area contributed by atoms with E-state index in [2.05, 4.69) is 10.5 Å². The summed E-state index contributed by atoms with van der Waals surface area (Å²) in [6.07, 6.45) is 1.53. The Hall–Kier alpha value is -3.29. The minimum absolute atomic E-state index is 0.0763. The van der Waals surface area contributed by atoms with E-state index in [0.717, 1.165) is 27.8 Å². The summed E-state index contributed by atoms with van der Waals surface area (Å²) >= 11 is 0. The minimum Gasteiger partial charge on any atom is -0.272 e. The summed E-state index contributed by atoms with van der Waals surface area (Å²) in [6.45, 7) is 5.52. The Labute approximate surface area is 189 Å². The van der Waals surface area contributed by atoms with Crippen molar-refractivity contribution >= 4 is 22.1 Å². The molecule has 0 aliphatic rings. The molecule has 1 amide bonds. The summed E-state index contributed by atoms with van der Waals surface area (Å²) in [5, 5.41) is 3.98. The number of nitrogens with one attached hydrogen (secondary N) is 1. The molecule has 3 rings (SSSR count). The van der Waals surface area contributed by atoms with E-state index < -0.39 is 15.9 Å². The molecule has 0 atom stereocenters. The summed E-state index contributed by atoms with van der Waals surface area (Å²) in [6, 6.07) is 21.8. The van der Waals surface area contributed by atoms with Crippen LogP contribution in [-0.2, 0) is 21.4 Å². The van der Waals surface area contributed by atoms with Crippen molar-refractivity contribution in [1.29, 1.82) is 0 Å². The normalized spacial score (nSPS) is 11.8. The molecule has 0 fully saturated rings. The van der Waals surface area contributed by atoms with E-state index in [1.54, 1.807) is 24.3 Å². The molecule has 3 aromatic carbocycles. The molecule has 7 heteroatoms. The number of amides is 1. The van der Waals surface area contributed by atoms with Gasteiger partial charge in [-0.2, -0.15) is 9.41 Å². The predicted molar refractivity (Wildman–Crippen MR) is 127 cm³/mol. The molecule has 166 valence electrons. The van der Waals surface area contributed by atoms with Crippen LogP contribution in [0, 0.1) is 20.8 Å². The van der Waals surface area contributed by atoms with Crippen molar-refractivity contribution in [2.45, 2.75) is 32.2 Å². The Morgan fingerprint density at radius 2 is 1.56 bits per heavy atom. The molecule has 0 aliphatic heterocycles. The Morgan fingerprint density at radius 1 is 0.906 bits per heavy atom. The molecular formula is C25H27N3O3S. The third-order valence-corrected chi connectivity index (χ3v) is 6.67. The molecule has 3 aromatic rings. The second kappa shape index (κ2) is 10.3. The first-order chi connectivity index (χ1) is 15.2. The van der Waals surface area contributed by atoms with Gasteiger partial charge in [0.2, 0.25) is 10.0 Å². The second-order valence-corrected chi connectivity index (χ2v) is 9.72. The standard InChI is InChI=1S/C25H27N3O3S/c1-19-10-12-24(13-11-19)32(30,31)28(17-23-9-5-7-21(3)15-23)18-25(29)27-26-16-22-8-4-6-20(2)14-22/h4-16H,17-18H2,1-3H3,(H,27,29). The topological polar surface area (TPSA) is 78.8 Å². The lowest BCUT2D eigenvalue weighted by atomic mass is 10.1. The molecule has 0 heterocycles. The number of carbonyl (C=O) groups excluding carboxylic acids is 1. The first-order valence-corrected chi connectivity index (χ1v) is 11.7. The summed E-state index contributed by atoms with van der Waals surface area (Å²) in [5.41, 5.74) is 7.13. The highest BCUT2D eigenvalue weighted by Gasteiger charge is 2.27. The zero-order valence-corrected chi connectivity index (χ0v) is 19.3. The highest BCUT2D eigenvalue weighted by atomic mass is 32.2. The molecule has 0 unspecified atom stereocenters. The molecule has 0 saturated carbocycles. The Kier molecular flexibility index (Phi) is 7.56. The van der Waals surface area contributed by atoms with E-state index in [1.165, 1.54) is 10.5 Å². The van der Waals surface area contributed by atoms with Crippen molar-refractivity contribution in [1.82, 2.24) is 9.73 Å². The zero-order valence-electron chi connectivity index (χ0n) is 18.4. The number of hydrazone groups is 1. The lowest BCUT2D eigenvalue weighted by Crippen LogP contribution is -2.39. The van der Waals surface area contributed by atoms with Gasteiger partial charge in [0.1, 0.15) is 0 Å². The van der Waals surface area contributed by atoms with Crippen LogP contribution in [-0.4, -0.2) is 31.4 Å². The lowest BCUT2D eigenvalue weighted by molar-refractivity contribution is -0.121. The molecule has 6 nitrogen and oxygen atoms in total. The molecule has 0 aliphatic carbocycles. The van der Waals surface area contributed by atoms with Crippen molar-refractivity contribution in [3.8, 4) is 0 Å². The van der Waals surface area contributed by atoms with Crippen LogP contribution < -0.4 is 5.43 Å². The smallest absolute Gasteiger partial charge is 0.255 e. The summed E-state index contributed by atoms with van der Waals surface area (Å²) < 4.78 is 27.8. The average Bonchev–Trinajstić information content (AvgIpc) is 2.74. The van der Waals surface area contributed by atoms with Gasteiger partial charge in [0.05, 0.1) is 17.7 Å². The third kappa shape index (κ3) is 6.35. The average molecular weight is 450 g/mol. The highest BCUT2D eigenvalue weighted by molar-refractivity contribution is 7.89. The number of benzene rings is 3. The highest BCUT2D eigenvalue weighted by Crippen LogP contribution is 2.19. The quantitative estimate of drug-likeness (QED) is 0.418. The van der Waals surface area contributed by atoms with Crippen LogP contribution in [0.15, 0.2) is 82.8 Å². The number of nitrogens with zero attached hydrogens (tertiary/aromatic N) is 2. The van der Waals surface area contributed by atoms with E-state index in [9.17, 15) is 13.2 Å². The van der Waals surface area contributed by atoms with Gasteiger partial charge in [0.25, 0.3) is 5.91 Å². The molecule has 1 N–H and O–H groups in total. The van der Waals surface area contributed by atoms with Crippen molar-refractivity contribution in [3.63, 3.8) is 0 Å². The second-order valence-electron chi connectivity index (χ2n) is 7.78. The Balaban J connectivity index is 1.80. The Bertz CT molecular complexity index is 1220. The van der Waals surface area contributed by atoms with Crippen LogP contribution in [0.2, 0.25) is 0 Å². The summed E-state index contributed by atoms with van der Waals surface area (Å²) in [5.74, 6) is -0.516. The summed E-state index contributed by atoms with van der Waals surface area (Å²) in [4.78, 5) is 12.7. The van der Waals surface area contributed by atoms with Gasteiger partial charge < -0.3 is 0 Å². The van der Waals surface area contributed by atoms with Crippen LogP contribution in [0.3, 0.4) is 0 Å². The molecule has 0 bridgehead atoms. The van der Waals surface area contributed by atoms with E-state index in [-0.39, 0.29) is 18.0 Å². The van der Waals surface area contributed by atoms with Gasteiger partial charge in [-0.05, 0) is 44.0 Å². The van der Waals surface area contributed by atoms with Gasteiger partial charge >= 0.3 is 0 Å². The van der Waals surface area contributed by atoms with Crippen molar-refractivity contribution in [2.24, 2.45) is 5.10 Å². The number of hydrogen-bond donors (Lipinski definition) is 1. The molecule has 0 saturated heterocycles. The first-order valence-electron chi connectivity index (χ1n) is 10.2. The van der Waals surface area contributed by atoms with Gasteiger partial charge in [0.15, 0.2) is 0 Å². The van der Waals surface area contributed by atoms with Gasteiger partial charge in [-0.15, -0.1) is 0 Å². The number of aryl methyl sites for hydroxylation is 3. The first kappa shape index (κ1) is 23.4. The fourth-order valence-electron chi connectivity index (χ4n) is 3.22. The maximum absolute atomic E-state index is 13.3. The van der Waals surface area contributed by atoms with Gasteiger partial charge in [-0.25, -0.2) is 13.8 Å². The zero-order chi connectivity index (χ0) is 23.1. The Morgan fingerprint density at radius 3 is 2.22 bits per heavy atom. The molecule has 32 heavy (non-hydrogen) atoms. The fraction of sp³-hybridized carbons (Fsp3) is 0.200. The van der Waals surface area contributed by atoms with Crippen LogP contribution >= 0.6 is 0 Å². The molecule has 0 spiro atoms. The molecule has 0 radical (unpaired) electrons. The van der Waals surface area contributed by atoms with E-state index in [1.807, 2.05) is 69.3 Å². The van der Waals surface area contributed by atoms with E-state index in [4.69, 9.17) is 0 Å². The van der Waals surface area contributed by atoms with Crippen LogP contribution in [0.5, 0.6) is 0 Å². The fourth-order valence-corrected chi connectivity index (χ4v) is 4.61. The van der Waals surface area contributed by atoms with Crippen LogP contribution in [0.4, 0.5) is 0 Å². The van der Waals surface area contributed by atoms with E-state index >= 15 is 0 Å². The molecular weight excluding hydrogens is 422 g/mol. The number of hydrogen-bond acceptors (Lipinski definition) is 4. The van der Waals surface area contributed by atoms with Crippen molar-refractivity contribution in [2.75, 3.05) is 6.54 Å². The monoisotopic (exact) mass is 449 g/mol. The van der Waals surface area contributed by atoms with Crippen LogP contribution in [0.25, 0.3) is 0 Å². The van der Waals surface area contributed by atoms with Crippen molar-refractivity contribution < 1.29 is 13.2 Å². The predicted octanol–water partition coefficient (Wildman–Crippen LogP) is 3.95.